The minimum absolute atomic E-state index is 0.192. The molecule has 1 aromatic carbocycles. The normalized spacial score (nSPS) is 12.4. The van der Waals surface area contributed by atoms with Crippen LogP contribution in [0.4, 0.5) is 5.69 Å². The molecule has 1 N–H and O–H groups in total. The number of hydrogen-bond donors (Lipinski definition) is 1. The number of ether oxygens (including phenoxy) is 3. The number of amides is 1. The van der Waals surface area contributed by atoms with Crippen LogP contribution in [0.5, 0.6) is 11.5 Å². The molecule has 2 heterocycles. The summed E-state index contributed by atoms with van der Waals surface area (Å²) >= 11 is 3.41. The van der Waals surface area contributed by atoms with E-state index in [0.717, 1.165) is 0 Å². The molecular weight excluding hydrogens is 404 g/mol. The fraction of sp³-hybridized carbons (Fsp3) is 0.278. The summed E-state index contributed by atoms with van der Waals surface area (Å²) in [5, 5.41) is 2.78. The van der Waals surface area contributed by atoms with Gasteiger partial charge in [0.2, 0.25) is 0 Å². The summed E-state index contributed by atoms with van der Waals surface area (Å²) in [6.07, 6.45) is 0. The zero-order valence-corrected chi connectivity index (χ0v) is 15.9. The van der Waals surface area contributed by atoms with Crippen LogP contribution in [0, 0.1) is 6.92 Å². The van der Waals surface area contributed by atoms with Crippen molar-refractivity contribution in [1.82, 2.24) is 4.98 Å². The molecule has 8 heteroatoms. The lowest BCUT2D eigenvalue weighted by Crippen LogP contribution is -2.18. The molecule has 1 aromatic heterocycles. The Kier molecular flexibility index (Phi) is 5.41. The third kappa shape index (κ3) is 3.80. The molecular formula is C18H17BrN2O5. The molecule has 0 radical (unpaired) electrons. The fourth-order valence-corrected chi connectivity index (χ4v) is 2.88. The van der Waals surface area contributed by atoms with Crippen molar-refractivity contribution in [3.63, 3.8) is 0 Å². The summed E-state index contributed by atoms with van der Waals surface area (Å²) in [6.45, 7) is 4.61. The lowest BCUT2D eigenvalue weighted by atomic mass is 10.2. The first-order valence-electron chi connectivity index (χ1n) is 8.05. The zero-order valence-electron chi connectivity index (χ0n) is 14.3. The van der Waals surface area contributed by atoms with Gasteiger partial charge in [-0.1, -0.05) is 0 Å². The molecule has 0 fully saturated rings. The van der Waals surface area contributed by atoms with Crippen LogP contribution in [-0.2, 0) is 4.74 Å². The number of benzene rings is 1. The van der Waals surface area contributed by atoms with Gasteiger partial charge < -0.3 is 19.5 Å². The number of nitrogens with zero attached hydrogens (tertiary/aromatic N) is 1. The van der Waals surface area contributed by atoms with Gasteiger partial charge in [0, 0.05) is 16.6 Å². The molecule has 0 saturated carbocycles. The minimum Gasteiger partial charge on any atom is -0.486 e. The van der Waals surface area contributed by atoms with Crippen molar-refractivity contribution in [2.24, 2.45) is 0 Å². The smallest absolute Gasteiger partial charge is 0.339 e. The molecule has 0 saturated heterocycles. The van der Waals surface area contributed by atoms with Crippen molar-refractivity contribution in [3.8, 4) is 11.5 Å². The second kappa shape index (κ2) is 7.74. The van der Waals surface area contributed by atoms with Gasteiger partial charge in [0.05, 0.1) is 23.6 Å². The topological polar surface area (TPSA) is 86.8 Å². The highest BCUT2D eigenvalue weighted by Crippen LogP contribution is 2.38. The van der Waals surface area contributed by atoms with E-state index in [1.807, 2.05) is 0 Å². The van der Waals surface area contributed by atoms with E-state index in [4.69, 9.17) is 14.2 Å². The molecule has 1 amide bonds. The first-order valence-corrected chi connectivity index (χ1v) is 8.84. The number of fused-ring (bicyclic) bond motifs is 1. The predicted molar refractivity (Wildman–Crippen MR) is 98.0 cm³/mol. The van der Waals surface area contributed by atoms with E-state index in [1.54, 1.807) is 26.0 Å². The number of nitrogens with one attached hydrogen (secondary N) is 1. The second-order valence-corrected chi connectivity index (χ2v) is 6.33. The number of hydrogen-bond acceptors (Lipinski definition) is 6. The molecule has 3 rings (SSSR count). The summed E-state index contributed by atoms with van der Waals surface area (Å²) < 4.78 is 16.6. The number of aromatic nitrogens is 1. The Hall–Kier alpha value is -2.61. The van der Waals surface area contributed by atoms with Crippen molar-refractivity contribution >= 4 is 33.5 Å². The van der Waals surface area contributed by atoms with Gasteiger partial charge in [0.1, 0.15) is 18.9 Å². The van der Waals surface area contributed by atoms with E-state index >= 15 is 0 Å². The summed E-state index contributed by atoms with van der Waals surface area (Å²) in [5.74, 6) is 0.324. The van der Waals surface area contributed by atoms with Crippen LogP contribution in [0.25, 0.3) is 0 Å². The van der Waals surface area contributed by atoms with Gasteiger partial charge in [-0.3, -0.25) is 4.79 Å². The van der Waals surface area contributed by atoms with Crippen LogP contribution in [0.2, 0.25) is 0 Å². The molecule has 136 valence electrons. The summed E-state index contributed by atoms with van der Waals surface area (Å²) in [6, 6.07) is 6.46. The Morgan fingerprint density at radius 3 is 2.58 bits per heavy atom. The standard InChI is InChI=1S/C18H17BrN2O5/c1-3-24-18(23)11-4-5-13(20-10(11)2)17(22)21-14-9-16-15(8-12(14)19)25-6-7-26-16/h4-5,8-9H,3,6-7H2,1-2H3,(H,21,22). The lowest BCUT2D eigenvalue weighted by molar-refractivity contribution is 0.0524. The van der Waals surface area contributed by atoms with Gasteiger partial charge in [-0.15, -0.1) is 0 Å². The molecule has 26 heavy (non-hydrogen) atoms. The Morgan fingerprint density at radius 1 is 1.23 bits per heavy atom. The van der Waals surface area contributed by atoms with E-state index in [-0.39, 0.29) is 12.3 Å². The number of halogens is 1. The van der Waals surface area contributed by atoms with Gasteiger partial charge in [-0.25, -0.2) is 9.78 Å². The van der Waals surface area contributed by atoms with E-state index < -0.39 is 11.9 Å². The Labute approximate surface area is 158 Å². The summed E-state index contributed by atoms with van der Waals surface area (Å²) in [4.78, 5) is 28.5. The van der Waals surface area contributed by atoms with Gasteiger partial charge in [0.25, 0.3) is 5.91 Å². The third-order valence-electron chi connectivity index (χ3n) is 3.69. The van der Waals surface area contributed by atoms with Gasteiger partial charge in [0.15, 0.2) is 11.5 Å². The largest absolute Gasteiger partial charge is 0.486 e. The second-order valence-electron chi connectivity index (χ2n) is 5.48. The number of aryl methyl sites for hydroxylation is 1. The quantitative estimate of drug-likeness (QED) is 0.763. The van der Waals surface area contributed by atoms with E-state index in [9.17, 15) is 9.59 Å². The Bertz CT molecular complexity index is 869. The first kappa shape index (κ1) is 18.2. The van der Waals surface area contributed by atoms with E-state index in [1.165, 1.54) is 12.1 Å². The number of anilines is 1. The maximum atomic E-state index is 12.5. The molecule has 0 aliphatic carbocycles. The van der Waals surface area contributed by atoms with Crippen molar-refractivity contribution in [2.45, 2.75) is 13.8 Å². The van der Waals surface area contributed by atoms with E-state index in [0.29, 0.717) is 46.1 Å². The molecule has 0 bridgehead atoms. The Morgan fingerprint density at radius 2 is 1.92 bits per heavy atom. The maximum absolute atomic E-state index is 12.5. The molecule has 0 unspecified atom stereocenters. The highest BCUT2D eigenvalue weighted by atomic mass is 79.9. The van der Waals surface area contributed by atoms with Gasteiger partial charge >= 0.3 is 5.97 Å². The minimum atomic E-state index is -0.459. The number of rotatable bonds is 4. The van der Waals surface area contributed by atoms with Crippen LogP contribution >= 0.6 is 15.9 Å². The number of carbonyl (C=O) groups is 2. The van der Waals surface area contributed by atoms with Crippen molar-refractivity contribution < 1.29 is 23.8 Å². The summed E-state index contributed by atoms with van der Waals surface area (Å²) in [5.41, 5.74) is 1.49. The van der Waals surface area contributed by atoms with Crippen molar-refractivity contribution in [3.05, 3.63) is 45.7 Å². The fourth-order valence-electron chi connectivity index (χ4n) is 2.46. The number of esters is 1. The first-order chi connectivity index (χ1) is 12.5. The lowest BCUT2D eigenvalue weighted by Gasteiger charge is -2.20. The molecule has 1 aliphatic heterocycles. The third-order valence-corrected chi connectivity index (χ3v) is 4.35. The Balaban J connectivity index is 1.80. The monoisotopic (exact) mass is 420 g/mol. The average molecular weight is 421 g/mol. The average Bonchev–Trinajstić information content (AvgIpc) is 2.62. The van der Waals surface area contributed by atoms with Gasteiger partial charge in [-0.2, -0.15) is 0 Å². The van der Waals surface area contributed by atoms with Crippen LogP contribution in [0.3, 0.4) is 0 Å². The zero-order chi connectivity index (χ0) is 18.7. The highest BCUT2D eigenvalue weighted by molar-refractivity contribution is 9.10. The molecule has 7 nitrogen and oxygen atoms in total. The molecule has 0 spiro atoms. The summed E-state index contributed by atoms with van der Waals surface area (Å²) in [7, 11) is 0. The van der Waals surface area contributed by atoms with Crippen molar-refractivity contribution in [1.29, 1.82) is 0 Å². The number of carbonyl (C=O) groups excluding carboxylic acids is 2. The van der Waals surface area contributed by atoms with E-state index in [2.05, 4.69) is 26.2 Å². The van der Waals surface area contributed by atoms with Crippen LogP contribution < -0.4 is 14.8 Å². The van der Waals surface area contributed by atoms with Crippen LogP contribution in [-0.4, -0.2) is 36.7 Å². The van der Waals surface area contributed by atoms with Crippen LogP contribution in [0.15, 0.2) is 28.7 Å². The molecule has 1 aliphatic rings. The maximum Gasteiger partial charge on any atom is 0.339 e. The van der Waals surface area contributed by atoms with Crippen molar-refractivity contribution in [2.75, 3.05) is 25.1 Å². The van der Waals surface area contributed by atoms with Gasteiger partial charge in [-0.05, 0) is 41.9 Å². The SMILES string of the molecule is CCOC(=O)c1ccc(C(=O)Nc2cc3c(cc2Br)OCCO3)nc1C. The number of pyridine rings is 1. The molecule has 2 aromatic rings. The highest BCUT2D eigenvalue weighted by Gasteiger charge is 2.18. The predicted octanol–water partition coefficient (Wildman–Crippen LogP) is 3.35. The van der Waals surface area contributed by atoms with Crippen LogP contribution in [0.1, 0.15) is 33.5 Å². The molecule has 0 atom stereocenters.